The molecule has 1 aliphatic rings. The molecule has 3 rings (SSSR count). The van der Waals surface area contributed by atoms with Gasteiger partial charge in [-0.25, -0.2) is 4.98 Å². The SMILES string of the molecule is CNC(=O)CNc1ccc(C(=O)N2CCCC(c3ccccc3)CC2)cn1. The highest BCUT2D eigenvalue weighted by Gasteiger charge is 2.22. The number of likely N-dealkylation sites (N-methyl/N-ethyl adjacent to an activating group) is 1. The second kappa shape index (κ2) is 9.16. The smallest absolute Gasteiger partial charge is 0.255 e. The Bertz CT molecular complexity index is 762. The van der Waals surface area contributed by atoms with Crippen LogP contribution in [0.1, 0.15) is 41.1 Å². The number of anilines is 1. The van der Waals surface area contributed by atoms with Crippen LogP contribution in [0.5, 0.6) is 0 Å². The Morgan fingerprint density at radius 2 is 1.93 bits per heavy atom. The molecule has 1 unspecified atom stereocenters. The maximum absolute atomic E-state index is 12.8. The summed E-state index contributed by atoms with van der Waals surface area (Å²) in [5, 5.41) is 5.47. The minimum atomic E-state index is -0.116. The number of hydrogen-bond donors (Lipinski definition) is 2. The van der Waals surface area contributed by atoms with Gasteiger partial charge in [-0.05, 0) is 42.9 Å². The largest absolute Gasteiger partial charge is 0.361 e. The minimum absolute atomic E-state index is 0.0223. The average Bonchev–Trinajstić information content (AvgIpc) is 2.99. The number of nitrogens with one attached hydrogen (secondary N) is 2. The predicted octanol–water partition coefficient (Wildman–Crippen LogP) is 2.65. The fraction of sp³-hybridized carbons (Fsp3) is 0.381. The average molecular weight is 366 g/mol. The quantitative estimate of drug-likeness (QED) is 0.853. The molecule has 0 bridgehead atoms. The molecule has 0 aliphatic carbocycles. The molecule has 0 saturated carbocycles. The summed E-state index contributed by atoms with van der Waals surface area (Å²) in [4.78, 5) is 30.3. The number of likely N-dealkylation sites (tertiary alicyclic amines) is 1. The summed E-state index contributed by atoms with van der Waals surface area (Å²) in [6.07, 6.45) is 4.67. The van der Waals surface area contributed by atoms with Gasteiger partial charge < -0.3 is 15.5 Å². The molecule has 0 radical (unpaired) electrons. The van der Waals surface area contributed by atoms with Crippen molar-refractivity contribution in [1.82, 2.24) is 15.2 Å². The Morgan fingerprint density at radius 3 is 2.63 bits per heavy atom. The van der Waals surface area contributed by atoms with Gasteiger partial charge in [0.2, 0.25) is 5.91 Å². The zero-order chi connectivity index (χ0) is 19.1. The van der Waals surface area contributed by atoms with E-state index in [1.54, 1.807) is 25.4 Å². The molecule has 27 heavy (non-hydrogen) atoms. The molecule has 6 nitrogen and oxygen atoms in total. The van der Waals surface area contributed by atoms with E-state index in [2.05, 4.69) is 39.9 Å². The summed E-state index contributed by atoms with van der Waals surface area (Å²) in [5.74, 6) is 0.997. The third-order valence-electron chi connectivity index (χ3n) is 5.01. The number of carbonyl (C=O) groups excluding carboxylic acids is 2. The molecule has 1 aromatic carbocycles. The van der Waals surface area contributed by atoms with Gasteiger partial charge >= 0.3 is 0 Å². The van der Waals surface area contributed by atoms with Crippen molar-refractivity contribution in [3.63, 3.8) is 0 Å². The molecule has 0 spiro atoms. The highest BCUT2D eigenvalue weighted by molar-refractivity contribution is 5.94. The molecular formula is C21H26N4O2. The van der Waals surface area contributed by atoms with Gasteiger partial charge in [0.15, 0.2) is 0 Å². The van der Waals surface area contributed by atoms with Crippen LogP contribution in [0.4, 0.5) is 5.82 Å². The van der Waals surface area contributed by atoms with Crippen LogP contribution in [0, 0.1) is 0 Å². The van der Waals surface area contributed by atoms with Crippen molar-refractivity contribution >= 4 is 17.6 Å². The lowest BCUT2D eigenvalue weighted by molar-refractivity contribution is -0.118. The first-order valence-electron chi connectivity index (χ1n) is 9.42. The zero-order valence-electron chi connectivity index (χ0n) is 15.6. The Labute approximate surface area is 160 Å². The fourth-order valence-corrected chi connectivity index (χ4v) is 3.42. The third kappa shape index (κ3) is 5.06. The van der Waals surface area contributed by atoms with E-state index in [9.17, 15) is 9.59 Å². The number of amides is 2. The van der Waals surface area contributed by atoms with Gasteiger partial charge in [0.1, 0.15) is 5.82 Å². The van der Waals surface area contributed by atoms with Crippen molar-refractivity contribution in [2.75, 3.05) is 32.0 Å². The Kier molecular flexibility index (Phi) is 6.41. The van der Waals surface area contributed by atoms with E-state index in [-0.39, 0.29) is 18.4 Å². The van der Waals surface area contributed by atoms with E-state index in [0.717, 1.165) is 32.4 Å². The van der Waals surface area contributed by atoms with E-state index in [4.69, 9.17) is 0 Å². The predicted molar refractivity (Wildman–Crippen MR) is 106 cm³/mol. The van der Waals surface area contributed by atoms with Gasteiger partial charge in [-0.1, -0.05) is 30.3 Å². The molecular weight excluding hydrogens is 340 g/mol. The van der Waals surface area contributed by atoms with Crippen molar-refractivity contribution in [2.45, 2.75) is 25.2 Å². The monoisotopic (exact) mass is 366 g/mol. The third-order valence-corrected chi connectivity index (χ3v) is 5.01. The van der Waals surface area contributed by atoms with Gasteiger partial charge in [0.25, 0.3) is 5.91 Å². The second-order valence-electron chi connectivity index (χ2n) is 6.79. The number of benzene rings is 1. The summed E-state index contributed by atoms with van der Waals surface area (Å²) in [6.45, 7) is 1.69. The van der Waals surface area contributed by atoms with Gasteiger partial charge in [-0.15, -0.1) is 0 Å². The molecule has 2 heterocycles. The number of carbonyl (C=O) groups is 2. The molecule has 1 aliphatic heterocycles. The lowest BCUT2D eigenvalue weighted by Gasteiger charge is -2.21. The number of aromatic nitrogens is 1. The highest BCUT2D eigenvalue weighted by atomic mass is 16.2. The normalized spacial score (nSPS) is 17.1. The van der Waals surface area contributed by atoms with Crippen LogP contribution >= 0.6 is 0 Å². The number of pyridine rings is 1. The highest BCUT2D eigenvalue weighted by Crippen LogP contribution is 2.28. The maximum Gasteiger partial charge on any atom is 0.255 e. The molecule has 1 fully saturated rings. The maximum atomic E-state index is 12.8. The van der Waals surface area contributed by atoms with Crippen molar-refractivity contribution < 1.29 is 9.59 Å². The van der Waals surface area contributed by atoms with Gasteiger partial charge in [-0.2, -0.15) is 0 Å². The Hall–Kier alpha value is -2.89. The van der Waals surface area contributed by atoms with Crippen LogP contribution < -0.4 is 10.6 Å². The Morgan fingerprint density at radius 1 is 1.11 bits per heavy atom. The molecule has 2 N–H and O–H groups in total. The van der Waals surface area contributed by atoms with Crippen LogP contribution in [-0.2, 0) is 4.79 Å². The number of rotatable bonds is 5. The topological polar surface area (TPSA) is 74.3 Å². The molecule has 6 heteroatoms. The van der Waals surface area contributed by atoms with E-state index in [1.165, 1.54) is 5.56 Å². The summed E-state index contributed by atoms with van der Waals surface area (Å²) in [5.41, 5.74) is 1.94. The summed E-state index contributed by atoms with van der Waals surface area (Å²) in [6, 6.07) is 14.0. The van der Waals surface area contributed by atoms with Crippen LogP contribution in [0.3, 0.4) is 0 Å². The number of nitrogens with zero attached hydrogens (tertiary/aromatic N) is 2. The van der Waals surface area contributed by atoms with Crippen molar-refractivity contribution in [3.05, 3.63) is 59.8 Å². The minimum Gasteiger partial charge on any atom is -0.361 e. The standard InChI is InChI=1S/C21H26N4O2/c1-22-20(26)15-24-19-10-9-18(14-23-19)21(27)25-12-5-8-17(11-13-25)16-6-3-2-4-7-16/h2-4,6-7,9-10,14,17H,5,8,11-13,15H2,1H3,(H,22,26)(H,23,24). The number of hydrogen-bond acceptors (Lipinski definition) is 4. The lowest BCUT2D eigenvalue weighted by Crippen LogP contribution is -2.32. The van der Waals surface area contributed by atoms with Crippen LogP contribution in [-0.4, -0.2) is 48.4 Å². The van der Waals surface area contributed by atoms with E-state index >= 15 is 0 Å². The van der Waals surface area contributed by atoms with Crippen molar-refractivity contribution in [2.24, 2.45) is 0 Å². The summed E-state index contributed by atoms with van der Waals surface area (Å²) in [7, 11) is 1.59. The van der Waals surface area contributed by atoms with Crippen LogP contribution in [0.15, 0.2) is 48.7 Å². The van der Waals surface area contributed by atoms with Crippen molar-refractivity contribution in [1.29, 1.82) is 0 Å². The van der Waals surface area contributed by atoms with Gasteiger partial charge in [0.05, 0.1) is 12.1 Å². The first-order valence-corrected chi connectivity index (χ1v) is 9.42. The second-order valence-corrected chi connectivity index (χ2v) is 6.79. The Balaban J connectivity index is 1.58. The van der Waals surface area contributed by atoms with E-state index < -0.39 is 0 Å². The van der Waals surface area contributed by atoms with Crippen LogP contribution in [0.25, 0.3) is 0 Å². The molecule has 2 amide bonds. The lowest BCUT2D eigenvalue weighted by atomic mass is 9.92. The van der Waals surface area contributed by atoms with E-state index in [1.807, 2.05) is 11.0 Å². The van der Waals surface area contributed by atoms with Gasteiger partial charge in [0, 0.05) is 26.3 Å². The first-order chi connectivity index (χ1) is 13.2. The zero-order valence-corrected chi connectivity index (χ0v) is 15.6. The molecule has 142 valence electrons. The van der Waals surface area contributed by atoms with Crippen LogP contribution in [0.2, 0.25) is 0 Å². The fourth-order valence-electron chi connectivity index (χ4n) is 3.42. The first kappa shape index (κ1) is 18.9. The van der Waals surface area contributed by atoms with Gasteiger partial charge in [-0.3, -0.25) is 9.59 Å². The summed E-state index contributed by atoms with van der Waals surface area (Å²) < 4.78 is 0. The van der Waals surface area contributed by atoms with Crippen molar-refractivity contribution in [3.8, 4) is 0 Å². The van der Waals surface area contributed by atoms with E-state index in [0.29, 0.717) is 17.3 Å². The molecule has 2 aromatic rings. The molecule has 1 aromatic heterocycles. The summed E-state index contributed by atoms with van der Waals surface area (Å²) >= 11 is 0. The molecule has 1 atom stereocenters. The molecule has 1 saturated heterocycles.